The molecule has 0 unspecified atom stereocenters. The van der Waals surface area contributed by atoms with Gasteiger partial charge in [0.05, 0.1) is 40.6 Å². The summed E-state index contributed by atoms with van der Waals surface area (Å²) < 4.78 is 2.91. The van der Waals surface area contributed by atoms with Crippen LogP contribution >= 0.6 is 0 Å². The average Bonchev–Trinajstić information content (AvgIpc) is 2.58. The molecular formula is C10H17N6+. The van der Waals surface area contributed by atoms with Crippen LogP contribution in [0.2, 0.25) is 0 Å². The maximum atomic E-state index is 5.72. The highest BCUT2D eigenvalue weighted by Crippen LogP contribution is 2.13. The maximum absolute atomic E-state index is 5.72. The van der Waals surface area contributed by atoms with E-state index >= 15 is 0 Å². The minimum atomic E-state index is 0.439. The van der Waals surface area contributed by atoms with Crippen molar-refractivity contribution in [3.63, 3.8) is 0 Å². The first kappa shape index (κ1) is 10.8. The summed E-state index contributed by atoms with van der Waals surface area (Å²) in [6, 6.07) is 0. The molecule has 0 aliphatic rings. The van der Waals surface area contributed by atoms with Crippen molar-refractivity contribution >= 4 is 17.0 Å². The first-order chi connectivity index (χ1) is 7.47. The highest BCUT2D eigenvalue weighted by molar-refractivity contribution is 5.80. The van der Waals surface area contributed by atoms with Crippen LogP contribution in [-0.4, -0.2) is 51.7 Å². The van der Waals surface area contributed by atoms with Gasteiger partial charge in [0.15, 0.2) is 11.5 Å². The number of likely N-dealkylation sites (N-methyl/N-ethyl adjacent to an activating group) is 1. The summed E-state index contributed by atoms with van der Waals surface area (Å²) in [5.74, 6) is 0.439. The van der Waals surface area contributed by atoms with Crippen molar-refractivity contribution in [3.8, 4) is 0 Å². The minimum Gasteiger partial charge on any atom is -0.382 e. The monoisotopic (exact) mass is 221 g/mol. The summed E-state index contributed by atoms with van der Waals surface area (Å²) in [4.78, 5) is 12.3. The van der Waals surface area contributed by atoms with Crippen molar-refractivity contribution in [2.75, 3.05) is 33.4 Å². The van der Waals surface area contributed by atoms with Gasteiger partial charge < -0.3 is 14.8 Å². The Morgan fingerprint density at radius 1 is 1.25 bits per heavy atom. The standard InChI is InChI=1S/C10H17N6/c1-16(2,3)5-4-15-7-14-8-9(11)12-6-13-10(8)15/h6-7H,4-5H2,1-3H3,(H2,11,12,13)/q+1. The molecule has 2 rings (SSSR count). The second-order valence-corrected chi connectivity index (χ2v) is 4.88. The van der Waals surface area contributed by atoms with E-state index in [0.29, 0.717) is 11.3 Å². The number of aromatic nitrogens is 4. The van der Waals surface area contributed by atoms with E-state index in [1.54, 1.807) is 6.33 Å². The summed E-state index contributed by atoms with van der Waals surface area (Å²) >= 11 is 0. The van der Waals surface area contributed by atoms with Crippen LogP contribution in [0.5, 0.6) is 0 Å². The number of nitrogens with zero attached hydrogens (tertiary/aromatic N) is 5. The predicted octanol–water partition coefficient (Wildman–Crippen LogP) is 0.115. The van der Waals surface area contributed by atoms with Gasteiger partial charge >= 0.3 is 0 Å². The van der Waals surface area contributed by atoms with E-state index in [1.165, 1.54) is 6.33 Å². The van der Waals surface area contributed by atoms with Gasteiger partial charge in [-0.05, 0) is 0 Å². The van der Waals surface area contributed by atoms with Crippen LogP contribution in [0.4, 0.5) is 5.82 Å². The number of fused-ring (bicyclic) bond motifs is 1. The normalized spacial score (nSPS) is 12.2. The molecule has 0 aromatic carbocycles. The number of rotatable bonds is 3. The van der Waals surface area contributed by atoms with Gasteiger partial charge in [0.1, 0.15) is 11.8 Å². The quantitative estimate of drug-likeness (QED) is 0.747. The molecule has 0 radical (unpaired) electrons. The van der Waals surface area contributed by atoms with Gasteiger partial charge in [0.2, 0.25) is 0 Å². The third-order valence-electron chi connectivity index (χ3n) is 2.44. The van der Waals surface area contributed by atoms with Crippen molar-refractivity contribution < 1.29 is 4.48 Å². The third-order valence-corrected chi connectivity index (χ3v) is 2.44. The van der Waals surface area contributed by atoms with Crippen LogP contribution in [0, 0.1) is 0 Å². The van der Waals surface area contributed by atoms with Crippen LogP contribution < -0.4 is 5.73 Å². The average molecular weight is 221 g/mol. The number of hydrogen-bond acceptors (Lipinski definition) is 4. The molecule has 0 aliphatic heterocycles. The lowest BCUT2D eigenvalue weighted by atomic mass is 10.4. The number of nitrogens with two attached hydrogens (primary N) is 1. The van der Waals surface area contributed by atoms with E-state index in [1.807, 2.05) is 4.57 Å². The van der Waals surface area contributed by atoms with Gasteiger partial charge in [-0.2, -0.15) is 0 Å². The number of quaternary nitrogens is 1. The molecule has 0 aliphatic carbocycles. The fourth-order valence-corrected chi connectivity index (χ4v) is 1.47. The number of imidazole rings is 1. The second kappa shape index (κ2) is 3.71. The van der Waals surface area contributed by atoms with E-state index in [2.05, 4.69) is 36.1 Å². The molecule has 0 amide bonds. The van der Waals surface area contributed by atoms with Gasteiger partial charge in [-0.15, -0.1) is 0 Å². The van der Waals surface area contributed by atoms with Gasteiger partial charge in [-0.25, -0.2) is 15.0 Å². The van der Waals surface area contributed by atoms with E-state index in [0.717, 1.165) is 23.2 Å². The molecule has 86 valence electrons. The van der Waals surface area contributed by atoms with E-state index in [4.69, 9.17) is 5.73 Å². The van der Waals surface area contributed by atoms with E-state index in [-0.39, 0.29) is 0 Å². The van der Waals surface area contributed by atoms with Crippen LogP contribution in [0.1, 0.15) is 0 Å². The molecule has 6 nitrogen and oxygen atoms in total. The van der Waals surface area contributed by atoms with Gasteiger partial charge in [-0.3, -0.25) is 0 Å². The van der Waals surface area contributed by atoms with Crippen LogP contribution in [0.3, 0.4) is 0 Å². The fraction of sp³-hybridized carbons (Fsp3) is 0.500. The number of nitrogen functional groups attached to an aromatic ring is 1. The Balaban J connectivity index is 2.29. The maximum Gasteiger partial charge on any atom is 0.165 e. The molecule has 0 atom stereocenters. The first-order valence-corrected chi connectivity index (χ1v) is 5.19. The Hall–Kier alpha value is -1.69. The lowest BCUT2D eigenvalue weighted by Gasteiger charge is -2.23. The topological polar surface area (TPSA) is 69.6 Å². The summed E-state index contributed by atoms with van der Waals surface area (Å²) in [6.45, 7) is 1.88. The van der Waals surface area contributed by atoms with Crippen molar-refractivity contribution in [1.82, 2.24) is 19.5 Å². The molecule has 0 fully saturated rings. The summed E-state index contributed by atoms with van der Waals surface area (Å²) in [6.07, 6.45) is 3.24. The highest BCUT2D eigenvalue weighted by Gasteiger charge is 2.11. The largest absolute Gasteiger partial charge is 0.382 e. The summed E-state index contributed by atoms with van der Waals surface area (Å²) in [5, 5.41) is 0. The van der Waals surface area contributed by atoms with Crippen LogP contribution in [0.25, 0.3) is 11.2 Å². The molecular weight excluding hydrogens is 204 g/mol. The van der Waals surface area contributed by atoms with Crippen LogP contribution in [-0.2, 0) is 6.54 Å². The molecule has 2 aromatic heterocycles. The molecule has 16 heavy (non-hydrogen) atoms. The predicted molar refractivity (Wildman–Crippen MR) is 62.6 cm³/mol. The van der Waals surface area contributed by atoms with Crippen molar-refractivity contribution in [1.29, 1.82) is 0 Å². The smallest absolute Gasteiger partial charge is 0.165 e. The first-order valence-electron chi connectivity index (χ1n) is 5.19. The fourth-order valence-electron chi connectivity index (χ4n) is 1.47. The molecule has 0 spiro atoms. The van der Waals surface area contributed by atoms with Crippen molar-refractivity contribution in [2.24, 2.45) is 0 Å². The third kappa shape index (κ3) is 2.11. The Kier molecular flexibility index (Phi) is 2.51. The molecule has 6 heteroatoms. The van der Waals surface area contributed by atoms with Gasteiger partial charge in [0.25, 0.3) is 0 Å². The molecule has 0 saturated carbocycles. The molecule has 2 aromatic rings. The Morgan fingerprint density at radius 2 is 2.00 bits per heavy atom. The lowest BCUT2D eigenvalue weighted by Crippen LogP contribution is -2.37. The zero-order chi connectivity index (χ0) is 11.8. The zero-order valence-electron chi connectivity index (χ0n) is 9.88. The molecule has 0 saturated heterocycles. The number of hydrogen-bond donors (Lipinski definition) is 1. The zero-order valence-corrected chi connectivity index (χ0v) is 9.88. The lowest BCUT2D eigenvalue weighted by molar-refractivity contribution is -0.870. The van der Waals surface area contributed by atoms with Gasteiger partial charge in [-0.1, -0.05) is 0 Å². The summed E-state index contributed by atoms with van der Waals surface area (Å²) in [5.41, 5.74) is 7.21. The second-order valence-electron chi connectivity index (χ2n) is 4.88. The minimum absolute atomic E-state index is 0.439. The molecule has 0 bridgehead atoms. The summed E-state index contributed by atoms with van der Waals surface area (Å²) in [7, 11) is 6.47. The molecule has 2 heterocycles. The van der Waals surface area contributed by atoms with E-state index in [9.17, 15) is 0 Å². The number of anilines is 1. The van der Waals surface area contributed by atoms with Gasteiger partial charge in [0, 0.05) is 0 Å². The SMILES string of the molecule is C[N+](C)(C)CCn1cnc2c(N)ncnc21. The Labute approximate surface area is 94.3 Å². The highest BCUT2D eigenvalue weighted by atomic mass is 15.3. The molecule has 2 N–H and O–H groups in total. The van der Waals surface area contributed by atoms with Crippen molar-refractivity contribution in [2.45, 2.75) is 6.54 Å². The van der Waals surface area contributed by atoms with Crippen LogP contribution in [0.15, 0.2) is 12.7 Å². The van der Waals surface area contributed by atoms with Crippen molar-refractivity contribution in [3.05, 3.63) is 12.7 Å². The Bertz CT molecular complexity index is 495. The van der Waals surface area contributed by atoms with E-state index < -0.39 is 0 Å². The Morgan fingerprint density at radius 3 is 2.69 bits per heavy atom.